The molecule has 1 heterocycles. The minimum atomic E-state index is -0.126. The molecule has 0 bridgehead atoms. The Labute approximate surface area is 207 Å². The summed E-state index contributed by atoms with van der Waals surface area (Å²) >= 11 is 0. The number of ether oxygens (including phenoxy) is 1. The van der Waals surface area contributed by atoms with Gasteiger partial charge < -0.3 is 20.3 Å². The number of piperidine rings is 1. The first-order valence-corrected chi connectivity index (χ1v) is 12.2. The maximum Gasteiger partial charge on any atom is 0.321 e. The van der Waals surface area contributed by atoms with Gasteiger partial charge in [-0.25, -0.2) is 4.79 Å². The maximum atomic E-state index is 12.9. The molecule has 1 aliphatic rings. The van der Waals surface area contributed by atoms with Gasteiger partial charge in [0.2, 0.25) is 0 Å². The van der Waals surface area contributed by atoms with E-state index in [4.69, 9.17) is 4.74 Å². The number of rotatable bonds is 7. The van der Waals surface area contributed by atoms with Crippen LogP contribution in [0.25, 0.3) is 0 Å². The van der Waals surface area contributed by atoms with E-state index in [1.54, 1.807) is 7.11 Å². The molecular weight excluding hydrogens is 438 g/mol. The molecule has 0 saturated carbocycles. The highest BCUT2D eigenvalue weighted by Gasteiger charge is 2.25. The van der Waals surface area contributed by atoms with E-state index in [-0.39, 0.29) is 17.9 Å². The van der Waals surface area contributed by atoms with E-state index in [1.165, 1.54) is 5.56 Å². The van der Waals surface area contributed by atoms with Gasteiger partial charge in [0, 0.05) is 42.4 Å². The third kappa shape index (κ3) is 6.21. The molecule has 1 fully saturated rings. The number of carbonyl (C=O) groups excluding carboxylic acids is 2. The molecule has 182 valence electrons. The second-order valence-corrected chi connectivity index (χ2v) is 8.89. The molecule has 0 aromatic heterocycles. The van der Waals surface area contributed by atoms with Gasteiger partial charge in [-0.2, -0.15) is 0 Å². The number of nitrogens with zero attached hydrogens (tertiary/aromatic N) is 1. The van der Waals surface area contributed by atoms with Crippen molar-refractivity contribution >= 4 is 17.6 Å². The summed E-state index contributed by atoms with van der Waals surface area (Å²) in [6, 6.07) is 23.3. The molecule has 0 radical (unpaired) electrons. The van der Waals surface area contributed by atoms with Gasteiger partial charge in [0.1, 0.15) is 5.75 Å². The lowest BCUT2D eigenvalue weighted by molar-refractivity contribution is 0.0950. The second kappa shape index (κ2) is 11.6. The number of para-hydroxylation sites is 1. The number of anilines is 1. The van der Waals surface area contributed by atoms with Crippen molar-refractivity contribution in [1.82, 2.24) is 10.2 Å². The van der Waals surface area contributed by atoms with Crippen LogP contribution in [-0.2, 0) is 13.0 Å². The topological polar surface area (TPSA) is 70.7 Å². The molecule has 2 N–H and O–H groups in total. The normalized spacial score (nSPS) is 15.4. The first-order valence-electron chi connectivity index (χ1n) is 12.2. The summed E-state index contributed by atoms with van der Waals surface area (Å²) in [5.74, 6) is 0.820. The van der Waals surface area contributed by atoms with Crippen LogP contribution in [0.4, 0.5) is 10.5 Å². The van der Waals surface area contributed by atoms with Crippen LogP contribution in [0.3, 0.4) is 0 Å². The molecule has 35 heavy (non-hydrogen) atoms. The fourth-order valence-corrected chi connectivity index (χ4v) is 4.52. The van der Waals surface area contributed by atoms with Crippen LogP contribution in [0.1, 0.15) is 52.7 Å². The molecular formula is C29H33N3O3. The van der Waals surface area contributed by atoms with Crippen molar-refractivity contribution < 1.29 is 14.3 Å². The van der Waals surface area contributed by atoms with E-state index >= 15 is 0 Å². The first-order chi connectivity index (χ1) is 17.1. The quantitative estimate of drug-likeness (QED) is 0.471. The van der Waals surface area contributed by atoms with E-state index < -0.39 is 0 Å². The zero-order valence-corrected chi connectivity index (χ0v) is 20.4. The summed E-state index contributed by atoms with van der Waals surface area (Å²) in [4.78, 5) is 27.6. The molecule has 3 aromatic carbocycles. The lowest BCUT2D eigenvalue weighted by atomic mass is 9.89. The first kappa shape index (κ1) is 24.3. The molecule has 6 nitrogen and oxygen atoms in total. The van der Waals surface area contributed by atoms with Crippen LogP contribution in [-0.4, -0.2) is 37.0 Å². The number of aryl methyl sites for hydroxylation is 1. The highest BCUT2D eigenvalue weighted by molar-refractivity contribution is 5.94. The molecule has 3 amide bonds. The van der Waals surface area contributed by atoms with Crippen LogP contribution >= 0.6 is 0 Å². The molecule has 1 atom stereocenters. The highest BCUT2D eigenvalue weighted by atomic mass is 16.5. The Morgan fingerprint density at radius 3 is 2.60 bits per heavy atom. The van der Waals surface area contributed by atoms with E-state index in [1.807, 2.05) is 77.7 Å². The Kier molecular flexibility index (Phi) is 8.03. The molecule has 4 rings (SSSR count). The van der Waals surface area contributed by atoms with Crippen LogP contribution in [0.5, 0.6) is 5.75 Å². The predicted octanol–water partition coefficient (Wildman–Crippen LogP) is 5.60. The number of carbonyl (C=O) groups is 2. The van der Waals surface area contributed by atoms with E-state index in [0.29, 0.717) is 18.7 Å². The minimum absolute atomic E-state index is 0.0790. The predicted molar refractivity (Wildman–Crippen MR) is 139 cm³/mol. The average molecular weight is 472 g/mol. The summed E-state index contributed by atoms with van der Waals surface area (Å²) < 4.78 is 5.37. The molecule has 0 aliphatic carbocycles. The monoisotopic (exact) mass is 471 g/mol. The van der Waals surface area contributed by atoms with Crippen LogP contribution in [0.15, 0.2) is 72.8 Å². The molecule has 1 saturated heterocycles. The van der Waals surface area contributed by atoms with Crippen LogP contribution in [0, 0.1) is 0 Å². The zero-order chi connectivity index (χ0) is 24.6. The van der Waals surface area contributed by atoms with Crippen molar-refractivity contribution in [2.75, 3.05) is 25.5 Å². The maximum absolute atomic E-state index is 12.9. The van der Waals surface area contributed by atoms with Crippen molar-refractivity contribution in [3.63, 3.8) is 0 Å². The Morgan fingerprint density at radius 1 is 1.03 bits per heavy atom. The summed E-state index contributed by atoms with van der Waals surface area (Å²) in [6.07, 6.45) is 2.89. The highest BCUT2D eigenvalue weighted by Crippen LogP contribution is 2.28. The SMILES string of the molecule is CCc1ccc(NC(=O)N2CCC[C@H](c3cccc(C(=O)NCc4ccccc4OC)c3)C2)cc1. The Morgan fingerprint density at radius 2 is 1.83 bits per heavy atom. The number of urea groups is 1. The van der Waals surface area contributed by atoms with E-state index in [2.05, 4.69) is 17.6 Å². The van der Waals surface area contributed by atoms with Crippen molar-refractivity contribution in [2.24, 2.45) is 0 Å². The molecule has 3 aromatic rings. The summed E-state index contributed by atoms with van der Waals surface area (Å²) in [5, 5.41) is 6.01. The number of methoxy groups -OCH3 is 1. The van der Waals surface area contributed by atoms with Crippen LogP contribution < -0.4 is 15.4 Å². The Hall–Kier alpha value is -3.80. The minimum Gasteiger partial charge on any atom is -0.496 e. The third-order valence-electron chi connectivity index (χ3n) is 6.57. The van der Waals surface area contributed by atoms with Crippen LogP contribution in [0.2, 0.25) is 0 Å². The third-order valence-corrected chi connectivity index (χ3v) is 6.57. The molecule has 6 heteroatoms. The molecule has 1 aliphatic heterocycles. The van der Waals surface area contributed by atoms with Gasteiger partial charge >= 0.3 is 6.03 Å². The zero-order valence-electron chi connectivity index (χ0n) is 20.4. The van der Waals surface area contributed by atoms with Gasteiger partial charge in [-0.05, 0) is 60.7 Å². The van der Waals surface area contributed by atoms with Crippen molar-refractivity contribution in [3.8, 4) is 5.75 Å². The van der Waals surface area contributed by atoms with Gasteiger partial charge in [-0.1, -0.05) is 49.4 Å². The summed E-state index contributed by atoms with van der Waals surface area (Å²) in [7, 11) is 1.62. The average Bonchev–Trinajstić information content (AvgIpc) is 2.92. The standard InChI is InChI=1S/C29H33N3O3/c1-3-21-13-15-26(16-14-21)31-29(34)32-17-7-11-25(20-32)22-9-6-10-23(18-22)28(33)30-19-24-8-4-5-12-27(24)35-2/h4-6,8-10,12-16,18,25H,3,7,11,17,19-20H2,1-2H3,(H,30,33)(H,31,34)/t25-/m0/s1. The fourth-order valence-electron chi connectivity index (χ4n) is 4.52. The fraction of sp³-hybridized carbons (Fsp3) is 0.310. The molecule has 0 spiro atoms. The summed E-state index contributed by atoms with van der Waals surface area (Å²) in [5.41, 5.74) is 4.68. The number of likely N-dealkylation sites (tertiary alicyclic amines) is 1. The number of amides is 3. The van der Waals surface area contributed by atoms with Crippen molar-refractivity contribution in [1.29, 1.82) is 0 Å². The lowest BCUT2D eigenvalue weighted by Gasteiger charge is -2.33. The number of benzene rings is 3. The molecule has 0 unspecified atom stereocenters. The van der Waals surface area contributed by atoms with Gasteiger partial charge in [0.25, 0.3) is 5.91 Å². The van der Waals surface area contributed by atoms with Crippen molar-refractivity contribution in [2.45, 2.75) is 38.6 Å². The largest absolute Gasteiger partial charge is 0.496 e. The summed E-state index contributed by atoms with van der Waals surface area (Å²) in [6.45, 7) is 3.86. The van der Waals surface area contributed by atoms with Gasteiger partial charge in [0.15, 0.2) is 0 Å². The number of hydrogen-bond acceptors (Lipinski definition) is 3. The van der Waals surface area contributed by atoms with E-state index in [0.717, 1.165) is 48.4 Å². The number of hydrogen-bond donors (Lipinski definition) is 2. The van der Waals surface area contributed by atoms with Crippen molar-refractivity contribution in [3.05, 3.63) is 95.1 Å². The lowest BCUT2D eigenvalue weighted by Crippen LogP contribution is -2.41. The van der Waals surface area contributed by atoms with Gasteiger partial charge in [-0.15, -0.1) is 0 Å². The smallest absolute Gasteiger partial charge is 0.321 e. The Balaban J connectivity index is 1.38. The van der Waals surface area contributed by atoms with Gasteiger partial charge in [-0.3, -0.25) is 4.79 Å². The second-order valence-electron chi connectivity index (χ2n) is 8.89. The van der Waals surface area contributed by atoms with Gasteiger partial charge in [0.05, 0.1) is 7.11 Å². The number of nitrogens with one attached hydrogen (secondary N) is 2. The Bertz CT molecular complexity index is 1160. The van der Waals surface area contributed by atoms with E-state index in [9.17, 15) is 9.59 Å².